The van der Waals surface area contributed by atoms with Gasteiger partial charge in [-0.2, -0.15) is 0 Å². The maximum atomic E-state index is 13.1. The van der Waals surface area contributed by atoms with E-state index in [-0.39, 0.29) is 76.0 Å². The van der Waals surface area contributed by atoms with Gasteiger partial charge in [0, 0.05) is 64.3 Å². The van der Waals surface area contributed by atoms with Crippen molar-refractivity contribution in [2.75, 3.05) is 68.1 Å². The predicted octanol–water partition coefficient (Wildman–Crippen LogP) is -11.5. The Morgan fingerprint density at radius 3 is 0.971 bits per heavy atom. The van der Waals surface area contributed by atoms with Crippen LogP contribution < -0.4 is 0 Å². The molecule has 48 heteroatoms. The van der Waals surface area contributed by atoms with E-state index in [0.29, 0.717) is 25.7 Å². The largest absolute Gasteiger partial charge is 0.460 e. The summed E-state index contributed by atoms with van der Waals surface area (Å²) in [5, 5.41) is 298. The molecule has 0 aromatic carbocycles. The van der Waals surface area contributed by atoms with Crippen LogP contribution in [0.2, 0.25) is 0 Å². The third kappa shape index (κ3) is 24.0. The van der Waals surface area contributed by atoms with Gasteiger partial charge in [-0.25, -0.2) is 9.59 Å². The summed E-state index contributed by atoms with van der Waals surface area (Å²) in [6.07, 6.45) is -71.1. The molecule has 24 unspecified atom stereocenters. The Hall–Kier alpha value is -3.34. The van der Waals surface area contributed by atoms with Crippen LogP contribution >= 0.6 is 0 Å². The molecule has 782 valence electrons. The molecular weight excluding hydrogens is 1820 g/mol. The number of carbonyl (C=O) groups is 2. The smallest absolute Gasteiger partial charge is 0.330 e. The van der Waals surface area contributed by atoms with Crippen LogP contribution in [-0.4, -0.2) is 507 Å². The zero-order valence-corrected chi connectivity index (χ0v) is 76.0. The molecule has 14 rings (SSSR count). The molecule has 136 heavy (non-hydrogen) atoms. The zero-order valence-electron chi connectivity index (χ0n) is 76.0. The van der Waals surface area contributed by atoms with E-state index in [9.17, 15) is 142 Å². The third-order valence-electron chi connectivity index (χ3n) is 30.9. The van der Waals surface area contributed by atoms with Crippen molar-refractivity contribution in [1.29, 1.82) is 0 Å². The quantitative estimate of drug-likeness (QED) is 0.0235. The van der Waals surface area contributed by atoms with Gasteiger partial charge in [0.25, 0.3) is 0 Å². The van der Waals surface area contributed by atoms with Gasteiger partial charge in [0.1, 0.15) is 160 Å². The van der Waals surface area contributed by atoms with E-state index in [1.54, 1.807) is 6.92 Å². The molecule has 8 saturated heterocycles. The highest BCUT2D eigenvalue weighted by Crippen LogP contribution is 2.54. The highest BCUT2D eigenvalue weighted by molar-refractivity contribution is 5.82. The number of carbonyl (C=O) groups excluding carboxylic acids is 2. The van der Waals surface area contributed by atoms with Crippen LogP contribution in [0.25, 0.3) is 0 Å². The molecule has 6 saturated carbocycles. The van der Waals surface area contributed by atoms with Crippen molar-refractivity contribution in [2.24, 2.45) is 53.3 Å². The van der Waals surface area contributed by atoms with Gasteiger partial charge in [0.05, 0.1) is 136 Å². The Balaban J connectivity index is 0.704. The maximum absolute atomic E-state index is 13.1. The molecule has 6 aliphatic carbocycles. The van der Waals surface area contributed by atoms with Gasteiger partial charge < -0.3 is 228 Å². The van der Waals surface area contributed by atoms with Gasteiger partial charge in [-0.1, -0.05) is 19.1 Å². The number of ether oxygens (including phenoxy) is 20. The van der Waals surface area contributed by atoms with Crippen LogP contribution in [0.1, 0.15) is 96.8 Å². The lowest BCUT2D eigenvalue weighted by Gasteiger charge is -2.58. The van der Waals surface area contributed by atoms with E-state index >= 15 is 0 Å². The van der Waals surface area contributed by atoms with Crippen molar-refractivity contribution in [3.63, 3.8) is 0 Å². The molecule has 14 aliphatic rings. The van der Waals surface area contributed by atoms with Crippen LogP contribution in [0.4, 0.5) is 0 Å². The number of hydrogen-bond donors (Lipinski definition) is 26. The molecule has 0 spiro atoms. The standard InChI is InChI=1S/C88H142O48/c1-30(59-43(95)22-39(91)35-20-51(77(133-79(35)59)33-8-10-37(89)41(93)18-33)127-87-81(135-85-73(113)61(101)45(97)24-123-85)71(111)67(107)55(131-87)28-125-83-75(115)69(109)65(105)53(129-83)26-121-57(99)12-6-31-14-47(117-2)63(103)48(15-31)118-3)60-44(96)23-40(92)36-21-52(78(134-80(36)60)34-9-11-38(90)42(94)19-34)128-88-82(136-86-74(114)62(102)46(98)25-124-86)72(112)68(108)56(132-88)29-126-84-76(116)70(110)66(106)54(130-84)27-122-58(100)13-7-32-16-49(119-4)64(104)50(17-32)120-5/h6-7,12-13,30-56,59-98,101-116H,8-11,14-29H2,1-5H3/t30?,31?,32?,33?,34?,35?,36?,37?,38?,39?,40?,41?,42?,43?,44?,45-,46-,47?,48?,49?,50?,51?,52?,53-,54-,55-,56-,59?,60?,61+,62+,63?,64?,65-,66-,67+,68+,69+,70+,71+,72+,73-,74-,75-,76-,77?,78?,79?,80?,81-,82-,83-,84-,85+,86+,87+,88+/m1/s1. The molecular formula is C88H142O48. The monoisotopic (exact) mass is 1970 g/mol. The van der Waals surface area contributed by atoms with E-state index in [1.807, 2.05) is 0 Å². The topological polar surface area (TPSA) is 745 Å². The first-order chi connectivity index (χ1) is 64.7. The average Bonchev–Trinajstić information content (AvgIpc) is 0.732. The van der Waals surface area contributed by atoms with Gasteiger partial charge in [-0.05, 0) is 119 Å². The molecule has 14 fully saturated rings. The van der Waals surface area contributed by atoms with Gasteiger partial charge >= 0.3 is 11.9 Å². The first-order valence-corrected chi connectivity index (χ1v) is 47.2. The Labute approximate surface area is 782 Å². The van der Waals surface area contributed by atoms with Gasteiger partial charge in [-0.15, -0.1) is 0 Å². The number of esters is 2. The van der Waals surface area contributed by atoms with Crippen molar-refractivity contribution in [2.45, 2.75) is 391 Å². The number of aliphatic hydroxyl groups excluding tert-OH is 26. The summed E-state index contributed by atoms with van der Waals surface area (Å²) in [7, 11) is 5.70. The molecule has 48 nitrogen and oxygen atoms in total. The van der Waals surface area contributed by atoms with E-state index < -0.39 is 387 Å². The normalized spacial score (nSPS) is 51.9. The Morgan fingerprint density at radius 1 is 0.294 bits per heavy atom. The molecule has 52 atom stereocenters. The number of aliphatic hydroxyl groups is 26. The SMILES string of the molecule is COC1CC(C=CC(=O)OC[C@H]2O[C@@H](OC[C@H]3O[C@H](OC4CC5C(O)CC(O)C(C(C)C6C(O)CC(O)C7CC(O[C@H]8O[C@H](CO[C@@H]9O[C@H](COC(=O)C=CC%10CC(OC)C(O)C(OC)C%10)[C@@H](O)[C@H](O)[C@H]9O)[C@H](O)[C@H](O)[C@H]8O[C@@H]8OC[C@@H](O)[C@H](O)[C@H]8O)C(C8CCC(O)C(O)C8)OC76)C5OC4C4CCC(O)C(O)C4)[C@H](O[C@@H]4OC[C@@H](O)[C@H](O)[C@H]4O)[C@@H](O)[C@H]3O)[C@H](O)[C@@H](O)[C@@H]2O)CC(OC)C1O. The fourth-order valence-corrected chi connectivity index (χ4v) is 22.8. The summed E-state index contributed by atoms with van der Waals surface area (Å²) in [5.41, 5.74) is 0. The lowest BCUT2D eigenvalue weighted by atomic mass is 9.59. The summed E-state index contributed by atoms with van der Waals surface area (Å²) >= 11 is 0. The highest BCUT2D eigenvalue weighted by atomic mass is 16.8. The average molecular weight is 1970 g/mol. The fourth-order valence-electron chi connectivity index (χ4n) is 22.8. The molecule has 0 aromatic heterocycles. The van der Waals surface area contributed by atoms with E-state index in [2.05, 4.69) is 0 Å². The van der Waals surface area contributed by atoms with Crippen LogP contribution in [0.5, 0.6) is 0 Å². The maximum Gasteiger partial charge on any atom is 0.330 e. The number of fused-ring (bicyclic) bond motifs is 2. The van der Waals surface area contributed by atoms with E-state index in [1.165, 1.54) is 40.6 Å². The molecule has 8 aliphatic heterocycles. The van der Waals surface area contributed by atoms with E-state index in [0.717, 1.165) is 12.2 Å². The summed E-state index contributed by atoms with van der Waals surface area (Å²) in [4.78, 5) is 26.3. The number of rotatable bonds is 30. The first-order valence-electron chi connectivity index (χ1n) is 47.2. The Bertz CT molecular complexity index is 3520. The second-order valence-corrected chi connectivity index (χ2v) is 39.4. The minimum Gasteiger partial charge on any atom is -0.460 e. The lowest BCUT2D eigenvalue weighted by Crippen LogP contribution is -2.67. The number of allylic oxidation sites excluding steroid dienone is 2. The van der Waals surface area contributed by atoms with Gasteiger partial charge in [-0.3, -0.25) is 0 Å². The fraction of sp³-hybridized carbons (Fsp3) is 0.932. The molecule has 0 bridgehead atoms. The minimum absolute atomic E-state index is 0.00565. The molecule has 26 N–H and O–H groups in total. The molecule has 0 amide bonds. The molecule has 0 aromatic rings. The van der Waals surface area contributed by atoms with Crippen molar-refractivity contribution in [3.05, 3.63) is 24.3 Å². The molecule has 0 radical (unpaired) electrons. The predicted molar refractivity (Wildman–Crippen MR) is 444 cm³/mol. The summed E-state index contributed by atoms with van der Waals surface area (Å²) in [5.74, 6) is -9.31. The summed E-state index contributed by atoms with van der Waals surface area (Å²) in [6, 6.07) is 0. The summed E-state index contributed by atoms with van der Waals surface area (Å²) in [6.45, 7) is -2.67. The summed E-state index contributed by atoms with van der Waals surface area (Å²) < 4.78 is 121. The van der Waals surface area contributed by atoms with Crippen molar-refractivity contribution in [1.82, 2.24) is 0 Å². The number of methoxy groups -OCH3 is 4. The van der Waals surface area contributed by atoms with E-state index in [4.69, 9.17) is 94.7 Å². The number of hydrogen-bond acceptors (Lipinski definition) is 48. The Morgan fingerprint density at radius 2 is 0.625 bits per heavy atom. The first kappa shape index (κ1) is 108. The minimum atomic E-state index is -2.15. The third-order valence-corrected chi connectivity index (χ3v) is 30.9. The molecule has 8 heterocycles. The lowest BCUT2D eigenvalue weighted by molar-refractivity contribution is -0.379. The van der Waals surface area contributed by atoms with Gasteiger partial charge in [0.2, 0.25) is 0 Å². The van der Waals surface area contributed by atoms with Crippen molar-refractivity contribution >= 4 is 11.9 Å². The second-order valence-electron chi connectivity index (χ2n) is 39.4. The van der Waals surface area contributed by atoms with Crippen LogP contribution in [0.3, 0.4) is 0 Å². The Kier molecular flexibility index (Phi) is 37.8. The van der Waals surface area contributed by atoms with Crippen molar-refractivity contribution < 1.29 is 237 Å². The van der Waals surface area contributed by atoms with Gasteiger partial charge in [0.15, 0.2) is 37.7 Å². The zero-order chi connectivity index (χ0) is 98.2. The van der Waals surface area contributed by atoms with Crippen LogP contribution in [-0.2, 0) is 104 Å². The highest BCUT2D eigenvalue weighted by Gasteiger charge is 2.63. The second kappa shape index (κ2) is 47.4. The van der Waals surface area contributed by atoms with Crippen LogP contribution in [0, 0.1) is 53.3 Å². The van der Waals surface area contributed by atoms with Crippen molar-refractivity contribution in [3.8, 4) is 0 Å². The van der Waals surface area contributed by atoms with Crippen LogP contribution in [0.15, 0.2) is 24.3 Å².